The van der Waals surface area contributed by atoms with Crippen LogP contribution < -0.4 is 11.1 Å². The summed E-state index contributed by atoms with van der Waals surface area (Å²) in [4.78, 5) is 27.0. The normalized spacial score (nSPS) is 18.5. The van der Waals surface area contributed by atoms with Gasteiger partial charge in [0.2, 0.25) is 5.89 Å². The van der Waals surface area contributed by atoms with Crippen LogP contribution in [0.25, 0.3) is 0 Å². The molecule has 0 bridgehead atoms. The predicted octanol–water partition coefficient (Wildman–Crippen LogP) is 1.77. The van der Waals surface area contributed by atoms with Gasteiger partial charge in [0.05, 0.1) is 0 Å². The summed E-state index contributed by atoms with van der Waals surface area (Å²) in [5.74, 6) is -0.376. The Hall–Kier alpha value is -2.57. The van der Waals surface area contributed by atoms with E-state index in [9.17, 15) is 9.59 Å². The molecule has 3 N–H and O–H groups in total. The van der Waals surface area contributed by atoms with Crippen molar-refractivity contribution in [3.05, 3.63) is 41.6 Å². The van der Waals surface area contributed by atoms with E-state index < -0.39 is 17.5 Å². The van der Waals surface area contributed by atoms with Crippen LogP contribution in [0.5, 0.6) is 0 Å². The smallest absolute Gasteiger partial charge is 0.408 e. The number of rotatable bonds is 5. The summed E-state index contributed by atoms with van der Waals surface area (Å²) in [6, 6.07) is 0. The Morgan fingerprint density at radius 2 is 2.23 bits per heavy atom. The molecular weight excluding hydrogens is 286 g/mol. The lowest BCUT2D eigenvalue weighted by Crippen LogP contribution is -2.36. The van der Waals surface area contributed by atoms with Crippen LogP contribution in [0, 0.1) is 0 Å². The largest absolute Gasteiger partial charge is 0.446 e. The molecule has 116 valence electrons. The van der Waals surface area contributed by atoms with Gasteiger partial charge in [-0.15, -0.1) is 0 Å². The Bertz CT molecular complexity index is 655. The molecule has 7 nitrogen and oxygen atoms in total. The fraction of sp³-hybridized carbons (Fsp3) is 0.400. The van der Waals surface area contributed by atoms with Crippen molar-refractivity contribution in [1.82, 2.24) is 10.3 Å². The number of nitrogens with one attached hydrogen (secondary N) is 1. The van der Waals surface area contributed by atoms with Crippen molar-refractivity contribution in [2.75, 3.05) is 6.61 Å². The van der Waals surface area contributed by atoms with Crippen LogP contribution >= 0.6 is 0 Å². The Labute approximate surface area is 127 Å². The fourth-order valence-electron chi connectivity index (χ4n) is 2.28. The van der Waals surface area contributed by atoms with Gasteiger partial charge in [-0.2, -0.15) is 0 Å². The molecule has 0 aliphatic heterocycles. The molecule has 22 heavy (non-hydrogen) atoms. The number of carbonyl (C=O) groups is 2. The average molecular weight is 303 g/mol. The molecule has 0 atom stereocenters. The number of oxazole rings is 1. The predicted molar refractivity (Wildman–Crippen MR) is 76.9 cm³/mol. The summed E-state index contributed by atoms with van der Waals surface area (Å²) in [5, 5.41) is 2.75. The lowest BCUT2D eigenvalue weighted by Gasteiger charge is -2.14. The lowest BCUT2D eigenvalue weighted by molar-refractivity contribution is 0.0995. The van der Waals surface area contributed by atoms with Gasteiger partial charge in [-0.25, -0.2) is 9.78 Å². The van der Waals surface area contributed by atoms with E-state index in [4.69, 9.17) is 14.9 Å². The van der Waals surface area contributed by atoms with Gasteiger partial charge in [0.25, 0.3) is 5.91 Å². The summed E-state index contributed by atoms with van der Waals surface area (Å²) in [6.07, 6.45) is 10.1. The zero-order valence-electron chi connectivity index (χ0n) is 12.0. The SMILES string of the molecule is NC(=O)c1coc(C2(NC(=O)OCC3=CCCC=C3)CC2)n1. The molecule has 1 aromatic heterocycles. The molecule has 0 radical (unpaired) electrons. The van der Waals surface area contributed by atoms with Gasteiger partial charge in [0.1, 0.15) is 18.4 Å². The first-order valence-corrected chi connectivity index (χ1v) is 7.15. The maximum absolute atomic E-state index is 11.9. The monoisotopic (exact) mass is 303 g/mol. The van der Waals surface area contributed by atoms with Gasteiger partial charge in [0.15, 0.2) is 5.69 Å². The highest BCUT2D eigenvalue weighted by molar-refractivity contribution is 5.90. The number of amides is 2. The van der Waals surface area contributed by atoms with E-state index in [0.717, 1.165) is 18.4 Å². The number of hydrogen-bond acceptors (Lipinski definition) is 5. The first kappa shape index (κ1) is 14.4. The minimum atomic E-state index is -0.679. The van der Waals surface area contributed by atoms with Crippen molar-refractivity contribution < 1.29 is 18.7 Å². The summed E-state index contributed by atoms with van der Waals surface area (Å²) < 4.78 is 10.4. The van der Waals surface area contributed by atoms with Gasteiger partial charge in [0, 0.05) is 0 Å². The lowest BCUT2D eigenvalue weighted by atomic mass is 10.1. The third kappa shape index (κ3) is 3.03. The van der Waals surface area contributed by atoms with E-state index in [1.807, 2.05) is 12.2 Å². The van der Waals surface area contributed by atoms with Crippen LogP contribution in [-0.4, -0.2) is 23.6 Å². The second-order valence-electron chi connectivity index (χ2n) is 5.44. The average Bonchev–Trinajstić information content (AvgIpc) is 3.11. The van der Waals surface area contributed by atoms with Gasteiger partial charge < -0.3 is 20.2 Å². The minimum absolute atomic E-state index is 0.0499. The maximum atomic E-state index is 11.9. The highest BCUT2D eigenvalue weighted by Gasteiger charge is 2.50. The van der Waals surface area contributed by atoms with Gasteiger partial charge in [-0.1, -0.05) is 18.2 Å². The van der Waals surface area contributed by atoms with Gasteiger partial charge >= 0.3 is 6.09 Å². The number of alkyl carbamates (subject to hydrolysis) is 1. The molecule has 2 aliphatic carbocycles. The summed E-state index contributed by atoms with van der Waals surface area (Å²) in [7, 11) is 0. The van der Waals surface area contributed by atoms with Crippen LogP contribution in [0.1, 0.15) is 42.1 Å². The van der Waals surface area contributed by atoms with Crippen LogP contribution in [-0.2, 0) is 10.3 Å². The maximum Gasteiger partial charge on any atom is 0.408 e. The van der Waals surface area contributed by atoms with E-state index in [0.29, 0.717) is 12.8 Å². The van der Waals surface area contributed by atoms with E-state index in [1.54, 1.807) is 0 Å². The number of hydrogen-bond donors (Lipinski definition) is 2. The van der Waals surface area contributed by atoms with Crippen molar-refractivity contribution in [1.29, 1.82) is 0 Å². The van der Waals surface area contributed by atoms with Gasteiger partial charge in [-0.05, 0) is 31.3 Å². The quantitative estimate of drug-likeness (QED) is 0.861. The summed E-state index contributed by atoms with van der Waals surface area (Å²) in [5.41, 5.74) is 5.49. The zero-order chi connectivity index (χ0) is 15.6. The van der Waals surface area contributed by atoms with Crippen molar-refractivity contribution in [2.24, 2.45) is 5.73 Å². The third-order valence-corrected chi connectivity index (χ3v) is 3.70. The van der Waals surface area contributed by atoms with Crippen molar-refractivity contribution >= 4 is 12.0 Å². The molecule has 3 rings (SSSR count). The number of allylic oxidation sites excluding steroid dienone is 2. The highest BCUT2D eigenvalue weighted by atomic mass is 16.5. The van der Waals surface area contributed by atoms with Crippen molar-refractivity contribution in [3.8, 4) is 0 Å². The third-order valence-electron chi connectivity index (χ3n) is 3.70. The van der Waals surface area contributed by atoms with Gasteiger partial charge in [-0.3, -0.25) is 4.79 Å². The highest BCUT2D eigenvalue weighted by Crippen LogP contribution is 2.45. The topological polar surface area (TPSA) is 107 Å². The fourth-order valence-corrected chi connectivity index (χ4v) is 2.28. The Morgan fingerprint density at radius 3 is 2.82 bits per heavy atom. The molecule has 7 heteroatoms. The number of nitrogens with two attached hydrogens (primary N) is 1. The number of primary amides is 1. The first-order chi connectivity index (χ1) is 10.6. The second kappa shape index (κ2) is 5.67. The number of aromatic nitrogens is 1. The molecule has 1 aromatic rings. The van der Waals surface area contributed by atoms with Crippen molar-refractivity contribution in [3.63, 3.8) is 0 Å². The van der Waals surface area contributed by atoms with Crippen LogP contribution in [0.15, 0.2) is 34.5 Å². The number of carbonyl (C=O) groups excluding carboxylic acids is 2. The second-order valence-corrected chi connectivity index (χ2v) is 5.44. The summed E-state index contributed by atoms with van der Waals surface area (Å²) >= 11 is 0. The Balaban J connectivity index is 1.57. The van der Waals surface area contributed by atoms with E-state index in [-0.39, 0.29) is 18.2 Å². The van der Waals surface area contributed by atoms with E-state index in [2.05, 4.69) is 16.4 Å². The Morgan fingerprint density at radius 1 is 1.41 bits per heavy atom. The van der Waals surface area contributed by atoms with Crippen LogP contribution in [0.2, 0.25) is 0 Å². The molecule has 0 unspecified atom stereocenters. The van der Waals surface area contributed by atoms with E-state index >= 15 is 0 Å². The zero-order valence-corrected chi connectivity index (χ0v) is 12.0. The van der Waals surface area contributed by atoms with Crippen LogP contribution in [0.4, 0.5) is 4.79 Å². The molecule has 2 aliphatic rings. The first-order valence-electron chi connectivity index (χ1n) is 7.15. The summed E-state index contributed by atoms with van der Waals surface area (Å²) in [6.45, 7) is 0.233. The molecule has 0 spiro atoms. The van der Waals surface area contributed by atoms with E-state index in [1.165, 1.54) is 6.26 Å². The molecule has 1 saturated carbocycles. The minimum Gasteiger partial charge on any atom is -0.446 e. The molecule has 1 heterocycles. The molecule has 2 amide bonds. The molecular formula is C15H17N3O4. The van der Waals surface area contributed by atoms with Crippen LogP contribution in [0.3, 0.4) is 0 Å². The molecule has 0 saturated heterocycles. The number of ether oxygens (including phenoxy) is 1. The number of nitrogens with zero attached hydrogens (tertiary/aromatic N) is 1. The van der Waals surface area contributed by atoms with Crippen molar-refractivity contribution in [2.45, 2.75) is 31.2 Å². The Kier molecular flexibility index (Phi) is 3.70. The standard InChI is InChI=1S/C15H17N3O4/c16-12(19)11-9-21-13(17-11)15(6-7-15)18-14(20)22-8-10-4-2-1-3-5-10/h2,4-5,9H,1,3,6-8H2,(H2,16,19)(H,18,20). The molecule has 1 fully saturated rings. The molecule has 0 aromatic carbocycles.